The predicted molar refractivity (Wildman–Crippen MR) is 99.7 cm³/mol. The number of hydrogen-bond donors (Lipinski definition) is 1. The van der Waals surface area contributed by atoms with Gasteiger partial charge in [-0.2, -0.15) is 0 Å². The van der Waals surface area contributed by atoms with Crippen molar-refractivity contribution in [2.45, 2.75) is 19.5 Å². The van der Waals surface area contributed by atoms with Gasteiger partial charge in [-0.3, -0.25) is 4.90 Å². The number of hydrogen-bond acceptors (Lipinski definition) is 4. The second-order valence-electron chi connectivity index (χ2n) is 6.12. The Bertz CT molecular complexity index is 779. The van der Waals surface area contributed by atoms with Crippen LogP contribution in [0.1, 0.15) is 27.3 Å². The van der Waals surface area contributed by atoms with E-state index >= 15 is 0 Å². The Morgan fingerprint density at radius 1 is 0.846 bits per heavy atom. The molecule has 2 aromatic carbocycles. The molecule has 0 spiro atoms. The Balaban J connectivity index is 1.67. The average Bonchev–Trinajstić information content (AvgIpc) is 2.68. The highest BCUT2D eigenvalue weighted by Crippen LogP contribution is 2.11. The largest absolute Gasteiger partial charge is 0.478 e. The Hall–Kier alpha value is -3.05. The maximum Gasteiger partial charge on any atom is 0.338 e. The first kappa shape index (κ1) is 17.8. The van der Waals surface area contributed by atoms with Gasteiger partial charge in [0.2, 0.25) is 0 Å². The van der Waals surface area contributed by atoms with Crippen LogP contribution in [0.5, 0.6) is 0 Å². The van der Waals surface area contributed by atoms with Crippen LogP contribution in [0.2, 0.25) is 0 Å². The topological polar surface area (TPSA) is 66.3 Å². The van der Waals surface area contributed by atoms with Crippen molar-refractivity contribution in [3.63, 3.8) is 0 Å². The van der Waals surface area contributed by atoms with Crippen LogP contribution in [0.15, 0.2) is 73.1 Å². The van der Waals surface area contributed by atoms with Gasteiger partial charge in [0.25, 0.3) is 0 Å². The minimum Gasteiger partial charge on any atom is -0.478 e. The van der Waals surface area contributed by atoms with Gasteiger partial charge < -0.3 is 5.11 Å². The number of nitrogens with zero attached hydrogens (tertiary/aromatic N) is 3. The molecule has 1 N–H and O–H groups in total. The van der Waals surface area contributed by atoms with Crippen LogP contribution in [-0.4, -0.2) is 32.5 Å². The molecule has 0 aliphatic rings. The lowest BCUT2D eigenvalue weighted by atomic mass is 10.1. The van der Waals surface area contributed by atoms with E-state index in [0.29, 0.717) is 12.2 Å². The molecule has 3 aromatic rings. The molecule has 0 fully saturated rings. The maximum absolute atomic E-state index is 10.9. The van der Waals surface area contributed by atoms with E-state index in [1.165, 1.54) is 23.5 Å². The van der Waals surface area contributed by atoms with Gasteiger partial charge in [-0.25, -0.2) is 14.8 Å². The number of aromatic carboxylic acids is 1. The number of carboxylic acid groups (broad SMARTS) is 1. The molecule has 0 aliphatic carbocycles. The Morgan fingerprint density at radius 3 is 1.81 bits per heavy atom. The van der Waals surface area contributed by atoms with E-state index in [-0.39, 0.29) is 5.56 Å². The maximum atomic E-state index is 10.9. The first-order valence-electron chi connectivity index (χ1n) is 8.55. The Labute approximate surface area is 153 Å². The molecule has 5 heteroatoms. The van der Waals surface area contributed by atoms with E-state index in [4.69, 9.17) is 5.11 Å². The molecule has 0 unspecified atom stereocenters. The first-order valence-corrected chi connectivity index (χ1v) is 8.55. The summed E-state index contributed by atoms with van der Waals surface area (Å²) >= 11 is 0. The monoisotopic (exact) mass is 347 g/mol. The fraction of sp³-hybridized carbons (Fsp3) is 0.190. The van der Waals surface area contributed by atoms with Crippen molar-refractivity contribution in [1.29, 1.82) is 0 Å². The third kappa shape index (κ3) is 5.22. The van der Waals surface area contributed by atoms with Gasteiger partial charge >= 0.3 is 5.97 Å². The van der Waals surface area contributed by atoms with E-state index in [1.54, 1.807) is 0 Å². The van der Waals surface area contributed by atoms with Crippen LogP contribution in [-0.2, 0) is 19.5 Å². The number of benzene rings is 2. The zero-order valence-corrected chi connectivity index (χ0v) is 14.5. The molecule has 0 bridgehead atoms. The standard InChI is InChI=1S/C21H21N3O2/c25-21(26)19-13-22-20(23-14-19)11-12-24(15-17-7-3-1-4-8-17)16-18-9-5-2-6-10-18/h1-10,13-14H,11-12,15-16H2,(H,25,26). The summed E-state index contributed by atoms with van der Waals surface area (Å²) in [7, 11) is 0. The second kappa shape index (κ2) is 8.87. The summed E-state index contributed by atoms with van der Waals surface area (Å²) in [6, 6.07) is 20.7. The highest BCUT2D eigenvalue weighted by molar-refractivity contribution is 5.86. The van der Waals surface area contributed by atoms with E-state index < -0.39 is 5.97 Å². The molecule has 0 saturated carbocycles. The van der Waals surface area contributed by atoms with Crippen LogP contribution in [0.3, 0.4) is 0 Å². The zero-order chi connectivity index (χ0) is 18.2. The SMILES string of the molecule is O=C(O)c1cnc(CCN(Cc2ccccc2)Cc2ccccc2)nc1. The molecule has 5 nitrogen and oxygen atoms in total. The molecule has 132 valence electrons. The minimum absolute atomic E-state index is 0.110. The molecule has 0 radical (unpaired) electrons. The average molecular weight is 347 g/mol. The van der Waals surface area contributed by atoms with E-state index in [9.17, 15) is 4.79 Å². The van der Waals surface area contributed by atoms with E-state index in [2.05, 4.69) is 39.1 Å². The van der Waals surface area contributed by atoms with Gasteiger partial charge in [0.05, 0.1) is 5.56 Å². The highest BCUT2D eigenvalue weighted by atomic mass is 16.4. The number of aromatic nitrogens is 2. The molecule has 1 heterocycles. The second-order valence-corrected chi connectivity index (χ2v) is 6.12. The van der Waals surface area contributed by atoms with Gasteiger partial charge in [0, 0.05) is 38.4 Å². The van der Waals surface area contributed by atoms with Gasteiger partial charge in [0.15, 0.2) is 0 Å². The molecule has 0 saturated heterocycles. The summed E-state index contributed by atoms with van der Waals surface area (Å²) in [5.74, 6) is -0.354. The lowest BCUT2D eigenvalue weighted by Gasteiger charge is -2.22. The van der Waals surface area contributed by atoms with Crippen LogP contribution < -0.4 is 0 Å². The first-order chi connectivity index (χ1) is 12.7. The third-order valence-corrected chi connectivity index (χ3v) is 4.10. The minimum atomic E-state index is -1.01. The van der Waals surface area contributed by atoms with Gasteiger partial charge in [-0.15, -0.1) is 0 Å². The summed E-state index contributed by atoms with van der Waals surface area (Å²) in [5, 5.41) is 8.93. The van der Waals surface area contributed by atoms with Crippen molar-refractivity contribution < 1.29 is 9.90 Å². The quantitative estimate of drug-likeness (QED) is 0.676. The Kier molecular flexibility index (Phi) is 6.06. The van der Waals surface area contributed by atoms with Gasteiger partial charge in [-0.05, 0) is 11.1 Å². The van der Waals surface area contributed by atoms with Gasteiger partial charge in [-0.1, -0.05) is 60.7 Å². The fourth-order valence-corrected chi connectivity index (χ4v) is 2.75. The number of carbonyl (C=O) groups is 1. The van der Waals surface area contributed by atoms with Gasteiger partial charge in [0.1, 0.15) is 5.82 Å². The van der Waals surface area contributed by atoms with Crippen molar-refractivity contribution in [2.24, 2.45) is 0 Å². The van der Waals surface area contributed by atoms with Crippen molar-refractivity contribution in [3.8, 4) is 0 Å². The van der Waals surface area contributed by atoms with Crippen molar-refractivity contribution in [1.82, 2.24) is 14.9 Å². The fourth-order valence-electron chi connectivity index (χ4n) is 2.75. The van der Waals surface area contributed by atoms with Crippen LogP contribution in [0.4, 0.5) is 0 Å². The molecule has 0 aliphatic heterocycles. The van der Waals surface area contributed by atoms with Crippen molar-refractivity contribution in [3.05, 3.63) is 95.6 Å². The van der Waals surface area contributed by atoms with Crippen molar-refractivity contribution >= 4 is 5.97 Å². The lowest BCUT2D eigenvalue weighted by molar-refractivity contribution is 0.0696. The van der Waals surface area contributed by atoms with E-state index in [1.807, 2.05) is 36.4 Å². The summed E-state index contributed by atoms with van der Waals surface area (Å²) < 4.78 is 0. The molecule has 26 heavy (non-hydrogen) atoms. The lowest BCUT2D eigenvalue weighted by Crippen LogP contribution is -2.26. The smallest absolute Gasteiger partial charge is 0.338 e. The molecular weight excluding hydrogens is 326 g/mol. The van der Waals surface area contributed by atoms with Crippen LogP contribution >= 0.6 is 0 Å². The Morgan fingerprint density at radius 2 is 1.35 bits per heavy atom. The van der Waals surface area contributed by atoms with Crippen molar-refractivity contribution in [2.75, 3.05) is 6.54 Å². The van der Waals surface area contributed by atoms with Crippen LogP contribution in [0.25, 0.3) is 0 Å². The molecule has 1 aromatic heterocycles. The third-order valence-electron chi connectivity index (χ3n) is 4.10. The van der Waals surface area contributed by atoms with Crippen LogP contribution in [0, 0.1) is 0 Å². The number of rotatable bonds is 8. The molecule has 0 atom stereocenters. The zero-order valence-electron chi connectivity index (χ0n) is 14.5. The predicted octanol–water partition coefficient (Wildman–Crippen LogP) is 3.42. The summed E-state index contributed by atoms with van der Waals surface area (Å²) in [6.07, 6.45) is 3.40. The molecular formula is C21H21N3O2. The normalized spacial score (nSPS) is 10.8. The summed E-state index contributed by atoms with van der Waals surface area (Å²) in [6.45, 7) is 2.46. The molecule has 3 rings (SSSR count). The number of carboxylic acids is 1. The summed E-state index contributed by atoms with van der Waals surface area (Å²) in [4.78, 5) is 21.6. The molecule has 0 amide bonds. The van der Waals surface area contributed by atoms with E-state index in [0.717, 1.165) is 19.6 Å². The highest BCUT2D eigenvalue weighted by Gasteiger charge is 2.10. The summed E-state index contributed by atoms with van der Waals surface area (Å²) in [5.41, 5.74) is 2.62.